The monoisotopic (exact) mass is 389 g/mol. The number of likely N-dealkylation sites (tertiary alicyclic amines) is 1. The molecule has 0 saturated carbocycles. The number of rotatable bonds is 5. The Morgan fingerprint density at radius 2 is 1.89 bits per heavy atom. The summed E-state index contributed by atoms with van der Waals surface area (Å²) in [5, 5.41) is 0. The lowest BCUT2D eigenvalue weighted by Crippen LogP contribution is -2.52. The minimum absolute atomic E-state index is 0.271. The Morgan fingerprint density at radius 3 is 2.43 bits per heavy atom. The fraction of sp³-hybridized carbons (Fsp3) is 0.450. The predicted octanol–water partition coefficient (Wildman–Crippen LogP) is 2.16. The molecule has 8 nitrogen and oxygen atoms in total. The van der Waals surface area contributed by atoms with Gasteiger partial charge < -0.3 is 14.4 Å². The summed E-state index contributed by atoms with van der Waals surface area (Å²) in [6.07, 6.45) is 0.795. The number of nitrogens with one attached hydrogen (secondary N) is 2. The second-order valence-electron chi connectivity index (χ2n) is 7.58. The first-order valence-electron chi connectivity index (χ1n) is 8.96. The van der Waals surface area contributed by atoms with Gasteiger partial charge in [-0.25, -0.2) is 10.2 Å². The number of hydrogen-bond donors (Lipinski definition) is 2. The van der Waals surface area contributed by atoms with Crippen LogP contribution in [0.25, 0.3) is 0 Å². The molecule has 1 aliphatic rings. The van der Waals surface area contributed by atoms with Crippen molar-refractivity contribution in [1.82, 2.24) is 15.8 Å². The van der Waals surface area contributed by atoms with E-state index in [2.05, 4.69) is 17.4 Å². The minimum Gasteiger partial charge on any atom is -0.497 e. The van der Waals surface area contributed by atoms with Crippen LogP contribution in [-0.2, 0) is 20.9 Å². The maximum absolute atomic E-state index is 12.9. The summed E-state index contributed by atoms with van der Waals surface area (Å²) in [5.41, 5.74) is 3.23. The van der Waals surface area contributed by atoms with Gasteiger partial charge in [0.1, 0.15) is 16.8 Å². The number of amides is 3. The Morgan fingerprint density at radius 1 is 1.25 bits per heavy atom. The molecule has 0 spiro atoms. The highest BCUT2D eigenvalue weighted by atomic mass is 16.6. The van der Waals surface area contributed by atoms with Crippen LogP contribution in [0.2, 0.25) is 0 Å². The smallest absolute Gasteiger partial charge is 0.426 e. The van der Waals surface area contributed by atoms with E-state index in [4.69, 9.17) is 9.47 Å². The molecule has 8 heteroatoms. The Labute approximate surface area is 164 Å². The molecule has 1 heterocycles. The van der Waals surface area contributed by atoms with E-state index in [1.807, 2.05) is 24.3 Å². The van der Waals surface area contributed by atoms with E-state index in [0.29, 0.717) is 13.1 Å². The maximum Gasteiger partial charge on any atom is 0.426 e. The van der Waals surface area contributed by atoms with Gasteiger partial charge in [-0.1, -0.05) is 18.2 Å². The quantitative estimate of drug-likeness (QED) is 0.457. The van der Waals surface area contributed by atoms with Gasteiger partial charge in [0.25, 0.3) is 5.91 Å². The van der Waals surface area contributed by atoms with Crippen molar-refractivity contribution >= 4 is 17.9 Å². The molecule has 0 aromatic heterocycles. The molecule has 152 valence electrons. The fourth-order valence-corrected chi connectivity index (χ4v) is 2.92. The number of hydrogen-bond acceptors (Lipinski definition) is 5. The molecule has 1 saturated heterocycles. The molecule has 0 aliphatic carbocycles. The molecule has 2 N–H and O–H groups in total. The Kier molecular flexibility index (Phi) is 6.33. The van der Waals surface area contributed by atoms with Gasteiger partial charge in [-0.3, -0.25) is 15.0 Å². The molecule has 1 aromatic carbocycles. The Balaban J connectivity index is 2.02. The highest BCUT2D eigenvalue weighted by Crippen LogP contribution is 2.34. The van der Waals surface area contributed by atoms with Crippen LogP contribution < -0.4 is 15.6 Å². The van der Waals surface area contributed by atoms with Crippen molar-refractivity contribution in [2.75, 3.05) is 13.7 Å². The first-order valence-corrected chi connectivity index (χ1v) is 8.96. The number of carbonyl (C=O) groups is 3. The lowest BCUT2D eigenvalue weighted by molar-refractivity contribution is -0.143. The SMILES string of the molecule is C=CC1(C(=O)NNC(=O)OC(C)(C)C)CCN(Cc2ccc(OC)cc2)C1=O. The predicted molar refractivity (Wildman–Crippen MR) is 103 cm³/mol. The number of hydrazine groups is 1. The summed E-state index contributed by atoms with van der Waals surface area (Å²) >= 11 is 0. The van der Waals surface area contributed by atoms with Crippen LogP contribution in [0.4, 0.5) is 4.79 Å². The van der Waals surface area contributed by atoms with Crippen molar-refractivity contribution in [1.29, 1.82) is 0 Å². The summed E-state index contributed by atoms with van der Waals surface area (Å²) in [6.45, 7) is 9.55. The van der Waals surface area contributed by atoms with Crippen molar-refractivity contribution in [3.63, 3.8) is 0 Å². The van der Waals surface area contributed by atoms with Gasteiger partial charge in [0.05, 0.1) is 7.11 Å². The number of nitrogens with zero attached hydrogens (tertiary/aromatic N) is 1. The molecule has 1 unspecified atom stereocenters. The molecular formula is C20H27N3O5. The third-order valence-electron chi connectivity index (χ3n) is 4.41. The second-order valence-corrected chi connectivity index (χ2v) is 7.58. The average Bonchev–Trinajstić information content (AvgIpc) is 2.96. The molecule has 2 rings (SSSR count). The van der Waals surface area contributed by atoms with E-state index in [1.54, 1.807) is 32.8 Å². The number of ether oxygens (including phenoxy) is 2. The van der Waals surface area contributed by atoms with Crippen LogP contribution in [-0.4, -0.2) is 42.1 Å². The number of carbonyl (C=O) groups excluding carboxylic acids is 3. The summed E-state index contributed by atoms with van der Waals surface area (Å²) in [6, 6.07) is 7.36. The van der Waals surface area contributed by atoms with Crippen molar-refractivity contribution in [2.24, 2.45) is 5.41 Å². The zero-order chi connectivity index (χ0) is 20.9. The van der Waals surface area contributed by atoms with Crippen molar-refractivity contribution < 1.29 is 23.9 Å². The standard InChI is InChI=1S/C20H27N3O5/c1-6-20(16(24)21-22-18(26)28-19(2,3)4)11-12-23(17(20)25)13-14-7-9-15(27-5)10-8-14/h6-10H,1,11-13H2,2-5H3,(H,21,24)(H,22,26). The van der Waals surface area contributed by atoms with Crippen LogP contribution in [0.5, 0.6) is 5.75 Å². The van der Waals surface area contributed by atoms with Gasteiger partial charge in [-0.15, -0.1) is 6.58 Å². The van der Waals surface area contributed by atoms with E-state index in [0.717, 1.165) is 11.3 Å². The topological polar surface area (TPSA) is 97.0 Å². The van der Waals surface area contributed by atoms with Crippen molar-refractivity contribution in [2.45, 2.75) is 39.3 Å². The van der Waals surface area contributed by atoms with E-state index in [-0.39, 0.29) is 12.3 Å². The van der Waals surface area contributed by atoms with Gasteiger partial charge in [0.15, 0.2) is 0 Å². The summed E-state index contributed by atoms with van der Waals surface area (Å²) < 4.78 is 10.2. The fourth-order valence-electron chi connectivity index (χ4n) is 2.92. The zero-order valence-corrected chi connectivity index (χ0v) is 16.7. The lowest BCUT2D eigenvalue weighted by Gasteiger charge is -2.24. The molecule has 3 amide bonds. The Bertz CT molecular complexity index is 754. The molecule has 1 atom stereocenters. The van der Waals surface area contributed by atoms with E-state index < -0.39 is 23.0 Å². The van der Waals surface area contributed by atoms with Crippen LogP contribution in [0.1, 0.15) is 32.8 Å². The van der Waals surface area contributed by atoms with Gasteiger partial charge in [0, 0.05) is 13.1 Å². The number of methoxy groups -OCH3 is 1. The molecule has 1 aliphatic heterocycles. The van der Waals surface area contributed by atoms with Gasteiger partial charge >= 0.3 is 6.09 Å². The average molecular weight is 389 g/mol. The summed E-state index contributed by atoms with van der Waals surface area (Å²) in [5.74, 6) is -0.276. The van der Waals surface area contributed by atoms with E-state index in [1.165, 1.54) is 6.08 Å². The van der Waals surface area contributed by atoms with E-state index in [9.17, 15) is 14.4 Å². The van der Waals surface area contributed by atoms with Gasteiger partial charge in [-0.05, 0) is 44.9 Å². The van der Waals surface area contributed by atoms with Gasteiger partial charge in [-0.2, -0.15) is 0 Å². The first-order chi connectivity index (χ1) is 13.1. The van der Waals surface area contributed by atoms with Crippen LogP contribution >= 0.6 is 0 Å². The second kappa shape index (κ2) is 8.33. The van der Waals surface area contributed by atoms with Crippen molar-refractivity contribution in [3.8, 4) is 5.75 Å². The largest absolute Gasteiger partial charge is 0.497 e. The minimum atomic E-state index is -1.43. The number of benzene rings is 1. The van der Waals surface area contributed by atoms with Crippen LogP contribution in [0.3, 0.4) is 0 Å². The lowest BCUT2D eigenvalue weighted by atomic mass is 9.85. The molecular weight excluding hydrogens is 362 g/mol. The summed E-state index contributed by atoms with van der Waals surface area (Å²) in [7, 11) is 1.58. The van der Waals surface area contributed by atoms with E-state index >= 15 is 0 Å². The molecule has 1 fully saturated rings. The highest BCUT2D eigenvalue weighted by molar-refractivity contribution is 6.08. The van der Waals surface area contributed by atoms with Crippen molar-refractivity contribution in [3.05, 3.63) is 42.5 Å². The van der Waals surface area contributed by atoms with Gasteiger partial charge in [0.2, 0.25) is 5.91 Å². The third-order valence-corrected chi connectivity index (χ3v) is 4.41. The van der Waals surface area contributed by atoms with Crippen LogP contribution in [0, 0.1) is 5.41 Å². The highest BCUT2D eigenvalue weighted by Gasteiger charge is 2.50. The Hall–Kier alpha value is -3.03. The maximum atomic E-state index is 12.9. The first kappa shape index (κ1) is 21.3. The summed E-state index contributed by atoms with van der Waals surface area (Å²) in [4.78, 5) is 38.9. The normalized spacial score (nSPS) is 19.1. The molecule has 1 aromatic rings. The zero-order valence-electron chi connectivity index (χ0n) is 16.7. The molecule has 28 heavy (non-hydrogen) atoms. The molecule has 0 radical (unpaired) electrons. The third kappa shape index (κ3) is 4.82. The van der Waals surface area contributed by atoms with Crippen LogP contribution in [0.15, 0.2) is 36.9 Å². The molecule has 0 bridgehead atoms.